The second kappa shape index (κ2) is 8.05. The number of carbonyl (C=O) groups excluding carboxylic acids is 1. The van der Waals surface area contributed by atoms with Crippen molar-refractivity contribution in [3.05, 3.63) is 64.7 Å². The monoisotopic (exact) mass is 408 g/mol. The fourth-order valence-corrected chi connectivity index (χ4v) is 3.64. The first-order chi connectivity index (χ1) is 14.0. The normalized spacial score (nSPS) is 16.5. The fraction of sp³-hybridized carbons (Fsp3) is 0.238. The topological polar surface area (TPSA) is 95.1 Å². The summed E-state index contributed by atoms with van der Waals surface area (Å²) in [5.41, 5.74) is 3.91. The molecule has 3 heterocycles. The number of nitrogens with zero attached hydrogens (tertiary/aromatic N) is 3. The molecular weight excluding hydrogens is 388 g/mol. The molecule has 1 amide bonds. The summed E-state index contributed by atoms with van der Waals surface area (Å²) < 4.78 is 0. The number of rotatable bonds is 5. The molecular formula is C21H21ClN6O. The number of amidine groups is 1. The zero-order valence-electron chi connectivity index (χ0n) is 16.2. The largest absolute Gasteiger partial charge is 0.343 e. The number of allylic oxidation sites excluding steroid dienone is 1. The van der Waals surface area contributed by atoms with Crippen LogP contribution < -0.4 is 10.6 Å². The van der Waals surface area contributed by atoms with Gasteiger partial charge in [0.2, 0.25) is 0 Å². The number of benzene rings is 1. The highest BCUT2D eigenvalue weighted by Gasteiger charge is 2.28. The summed E-state index contributed by atoms with van der Waals surface area (Å²) in [4.78, 5) is 21.9. The van der Waals surface area contributed by atoms with Crippen LogP contribution >= 0.6 is 11.6 Å². The summed E-state index contributed by atoms with van der Waals surface area (Å²) in [5.74, 6) is 0.536. The van der Waals surface area contributed by atoms with Crippen molar-refractivity contribution in [1.82, 2.24) is 20.5 Å². The lowest BCUT2D eigenvalue weighted by molar-refractivity contribution is -0.113. The predicted molar refractivity (Wildman–Crippen MR) is 115 cm³/mol. The number of halogens is 1. The van der Waals surface area contributed by atoms with Gasteiger partial charge in [-0.25, -0.2) is 4.98 Å². The minimum Gasteiger partial charge on any atom is -0.343 e. The zero-order chi connectivity index (χ0) is 20.4. The van der Waals surface area contributed by atoms with Gasteiger partial charge in [0, 0.05) is 28.5 Å². The highest BCUT2D eigenvalue weighted by atomic mass is 35.5. The third-order valence-corrected chi connectivity index (χ3v) is 5.04. The molecule has 7 nitrogen and oxygen atoms in total. The predicted octanol–water partition coefficient (Wildman–Crippen LogP) is 4.04. The van der Waals surface area contributed by atoms with Crippen molar-refractivity contribution in [2.24, 2.45) is 4.99 Å². The van der Waals surface area contributed by atoms with E-state index in [0.29, 0.717) is 16.6 Å². The summed E-state index contributed by atoms with van der Waals surface area (Å²) in [6, 6.07) is 9.01. The van der Waals surface area contributed by atoms with Crippen molar-refractivity contribution in [3.63, 3.8) is 0 Å². The number of fused-ring (bicyclic) bond motifs is 1. The molecule has 29 heavy (non-hydrogen) atoms. The van der Waals surface area contributed by atoms with Crippen LogP contribution in [-0.2, 0) is 4.79 Å². The molecule has 3 N–H and O–H groups in total. The van der Waals surface area contributed by atoms with Gasteiger partial charge in [0.05, 0.1) is 23.3 Å². The maximum atomic E-state index is 13.1. The molecule has 0 spiro atoms. The number of amides is 1. The van der Waals surface area contributed by atoms with E-state index in [1.54, 1.807) is 18.5 Å². The van der Waals surface area contributed by atoms with Crippen LogP contribution in [-0.4, -0.2) is 33.0 Å². The zero-order valence-corrected chi connectivity index (χ0v) is 16.9. The number of H-pyrrole nitrogens is 1. The van der Waals surface area contributed by atoms with Crippen molar-refractivity contribution in [1.29, 1.82) is 0 Å². The number of hydrogen-bond donors (Lipinski definition) is 3. The lowest BCUT2D eigenvalue weighted by Gasteiger charge is -2.26. The van der Waals surface area contributed by atoms with E-state index < -0.39 is 0 Å². The Labute approximate surface area is 173 Å². The number of pyridine rings is 1. The fourth-order valence-electron chi connectivity index (χ4n) is 3.47. The molecule has 1 unspecified atom stereocenters. The number of aliphatic imine (C=N–C) groups is 1. The lowest BCUT2D eigenvalue weighted by Crippen LogP contribution is -2.37. The van der Waals surface area contributed by atoms with Gasteiger partial charge in [-0.15, -0.1) is 0 Å². The van der Waals surface area contributed by atoms with Crippen molar-refractivity contribution in [3.8, 4) is 0 Å². The molecule has 3 aromatic rings. The third-order valence-electron chi connectivity index (χ3n) is 4.83. The Bertz CT molecular complexity index is 1130. The summed E-state index contributed by atoms with van der Waals surface area (Å²) in [5, 5.41) is 14.5. The Morgan fingerprint density at radius 2 is 2.14 bits per heavy atom. The molecule has 148 valence electrons. The first-order valence-corrected chi connectivity index (χ1v) is 9.85. The molecule has 1 aliphatic heterocycles. The third kappa shape index (κ3) is 4.00. The Morgan fingerprint density at radius 3 is 2.93 bits per heavy atom. The summed E-state index contributed by atoms with van der Waals surface area (Å²) >= 11 is 6.02. The number of anilines is 1. The van der Waals surface area contributed by atoms with E-state index in [0.717, 1.165) is 40.7 Å². The molecule has 0 saturated carbocycles. The number of hydrogen-bond acceptors (Lipinski definition) is 5. The Hall–Kier alpha value is -3.19. The van der Waals surface area contributed by atoms with E-state index in [1.165, 1.54) is 0 Å². The smallest absolute Gasteiger partial charge is 0.255 e. The highest BCUT2D eigenvalue weighted by Crippen LogP contribution is 2.25. The van der Waals surface area contributed by atoms with Gasteiger partial charge >= 0.3 is 0 Å². The molecule has 1 atom stereocenters. The Morgan fingerprint density at radius 1 is 1.28 bits per heavy atom. The van der Waals surface area contributed by atoms with Crippen LogP contribution in [0.1, 0.15) is 32.3 Å². The molecule has 0 bridgehead atoms. The van der Waals surface area contributed by atoms with Crippen molar-refractivity contribution >= 4 is 39.9 Å². The number of aromatic nitrogens is 3. The average Bonchev–Trinajstić information content (AvgIpc) is 3.15. The molecule has 4 rings (SSSR count). The SMILES string of the molecule is CCCC1N=C(c2ccnc(Cl)c2)NC(C)=C1C(=O)Nc1ccc2[nH]ncc2c1. The first kappa shape index (κ1) is 19.1. The number of carbonyl (C=O) groups is 1. The Balaban J connectivity index is 1.61. The minimum atomic E-state index is -0.235. The average molecular weight is 409 g/mol. The summed E-state index contributed by atoms with van der Waals surface area (Å²) in [7, 11) is 0. The summed E-state index contributed by atoms with van der Waals surface area (Å²) in [6.07, 6.45) is 5.05. The molecule has 0 aliphatic carbocycles. The van der Waals surface area contributed by atoms with Crippen molar-refractivity contribution < 1.29 is 4.79 Å². The molecule has 1 aromatic carbocycles. The van der Waals surface area contributed by atoms with Gasteiger partial charge in [0.15, 0.2) is 0 Å². The van der Waals surface area contributed by atoms with E-state index in [2.05, 4.69) is 32.7 Å². The lowest BCUT2D eigenvalue weighted by atomic mass is 9.97. The van der Waals surface area contributed by atoms with Crippen LogP contribution in [0.4, 0.5) is 5.69 Å². The van der Waals surface area contributed by atoms with Gasteiger partial charge in [0.1, 0.15) is 11.0 Å². The molecule has 2 aromatic heterocycles. The van der Waals surface area contributed by atoms with Gasteiger partial charge < -0.3 is 10.6 Å². The highest BCUT2D eigenvalue weighted by molar-refractivity contribution is 6.29. The minimum absolute atomic E-state index is 0.160. The van der Waals surface area contributed by atoms with Crippen LogP contribution in [0.2, 0.25) is 5.15 Å². The summed E-state index contributed by atoms with van der Waals surface area (Å²) in [6.45, 7) is 3.98. The van der Waals surface area contributed by atoms with Crippen LogP contribution in [0.5, 0.6) is 0 Å². The molecule has 0 radical (unpaired) electrons. The van der Waals surface area contributed by atoms with E-state index in [9.17, 15) is 4.79 Å². The second-order valence-electron chi connectivity index (χ2n) is 6.94. The van der Waals surface area contributed by atoms with Crippen molar-refractivity contribution in [2.75, 3.05) is 5.32 Å². The van der Waals surface area contributed by atoms with Crippen LogP contribution in [0.3, 0.4) is 0 Å². The standard InChI is InChI=1S/C21H21ClN6O/c1-3-4-17-19(12(2)25-20(27-17)13-7-8-23-18(22)10-13)21(29)26-15-5-6-16-14(9-15)11-24-28-16/h5-11,17H,3-4H2,1-2H3,(H,24,28)(H,25,27)(H,26,29). The van der Waals surface area contributed by atoms with Gasteiger partial charge in [-0.2, -0.15) is 5.10 Å². The quantitative estimate of drug-likeness (QED) is 0.555. The number of nitrogens with one attached hydrogen (secondary N) is 3. The van der Waals surface area contributed by atoms with Crippen LogP contribution in [0, 0.1) is 0 Å². The van der Waals surface area contributed by atoms with Crippen LogP contribution in [0.25, 0.3) is 10.9 Å². The maximum absolute atomic E-state index is 13.1. The first-order valence-electron chi connectivity index (χ1n) is 9.47. The van der Waals surface area contributed by atoms with E-state index in [-0.39, 0.29) is 11.9 Å². The van der Waals surface area contributed by atoms with Crippen LogP contribution in [0.15, 0.2) is 59.0 Å². The van der Waals surface area contributed by atoms with Gasteiger partial charge in [-0.3, -0.25) is 14.9 Å². The van der Waals surface area contributed by atoms with E-state index in [4.69, 9.17) is 16.6 Å². The van der Waals surface area contributed by atoms with Gasteiger partial charge in [0.25, 0.3) is 5.91 Å². The van der Waals surface area contributed by atoms with E-state index >= 15 is 0 Å². The number of aromatic amines is 1. The van der Waals surface area contributed by atoms with Gasteiger partial charge in [-0.1, -0.05) is 24.9 Å². The maximum Gasteiger partial charge on any atom is 0.255 e. The second-order valence-corrected chi connectivity index (χ2v) is 7.33. The van der Waals surface area contributed by atoms with Crippen molar-refractivity contribution in [2.45, 2.75) is 32.7 Å². The molecule has 1 aliphatic rings. The molecule has 0 fully saturated rings. The molecule has 0 saturated heterocycles. The molecule has 8 heteroatoms. The Kier molecular flexibility index (Phi) is 5.31. The van der Waals surface area contributed by atoms with E-state index in [1.807, 2.05) is 31.2 Å². The van der Waals surface area contributed by atoms with Gasteiger partial charge in [-0.05, 0) is 43.7 Å².